The minimum Gasteiger partial charge on any atom is -0.508 e. The summed E-state index contributed by atoms with van der Waals surface area (Å²) in [5, 5.41) is 18.5. The molecule has 0 aliphatic heterocycles. The lowest BCUT2D eigenvalue weighted by Gasteiger charge is -2.09. The van der Waals surface area contributed by atoms with Gasteiger partial charge in [-0.25, -0.2) is 14.3 Å². The Kier molecular flexibility index (Phi) is 4.31. The van der Waals surface area contributed by atoms with Crippen LogP contribution in [0, 0.1) is 6.92 Å². The highest BCUT2D eigenvalue weighted by Gasteiger charge is 2.14. The number of phenolic OH excluding ortho intramolecular Hbond substituents is 1. The Morgan fingerprint density at radius 3 is 2.86 bits per heavy atom. The molecule has 2 aromatic carbocycles. The number of benzene rings is 2. The van der Waals surface area contributed by atoms with E-state index in [1.807, 2.05) is 6.92 Å². The molecule has 2 heterocycles. The highest BCUT2D eigenvalue weighted by molar-refractivity contribution is 5.93. The maximum Gasteiger partial charge on any atom is 0.338 e. The molecule has 0 aliphatic carbocycles. The Balaban J connectivity index is 1.62. The lowest BCUT2D eigenvalue weighted by Crippen LogP contribution is -2.08. The summed E-state index contributed by atoms with van der Waals surface area (Å²) in [4.78, 5) is 24.3. The van der Waals surface area contributed by atoms with Crippen LogP contribution in [-0.4, -0.2) is 26.1 Å². The average Bonchev–Trinajstić information content (AvgIpc) is 3.11. The summed E-state index contributed by atoms with van der Waals surface area (Å²) >= 11 is 0. The Morgan fingerprint density at radius 2 is 2.07 bits per heavy atom. The van der Waals surface area contributed by atoms with E-state index in [1.165, 1.54) is 12.1 Å². The first kappa shape index (κ1) is 17.7. The van der Waals surface area contributed by atoms with Gasteiger partial charge in [-0.2, -0.15) is 0 Å². The number of ether oxygens (including phenoxy) is 1. The van der Waals surface area contributed by atoms with Crippen molar-refractivity contribution in [1.29, 1.82) is 0 Å². The molecule has 1 N–H and O–H groups in total. The number of phenols is 1. The van der Waals surface area contributed by atoms with Crippen molar-refractivity contribution in [3.63, 3.8) is 0 Å². The smallest absolute Gasteiger partial charge is 0.338 e. The third-order valence-corrected chi connectivity index (χ3v) is 4.63. The van der Waals surface area contributed by atoms with Crippen molar-refractivity contribution < 1.29 is 19.1 Å². The molecular weight excluding hydrogens is 362 g/mol. The van der Waals surface area contributed by atoms with Crippen molar-refractivity contribution in [2.45, 2.75) is 27.0 Å². The molecule has 142 valence electrons. The zero-order valence-electron chi connectivity index (χ0n) is 15.3. The molecule has 0 atom stereocenters. The second kappa shape index (κ2) is 6.80. The van der Waals surface area contributed by atoms with E-state index in [-0.39, 0.29) is 17.9 Å². The van der Waals surface area contributed by atoms with Crippen LogP contribution in [0.15, 0.2) is 45.6 Å². The van der Waals surface area contributed by atoms with Crippen LogP contribution < -0.4 is 5.63 Å². The molecule has 8 nitrogen and oxygen atoms in total. The highest BCUT2D eigenvalue weighted by Crippen LogP contribution is 2.27. The van der Waals surface area contributed by atoms with Crippen molar-refractivity contribution in [1.82, 2.24) is 15.0 Å². The summed E-state index contributed by atoms with van der Waals surface area (Å²) in [5.74, 6) is -0.511. The number of aromatic hydroxyl groups is 1. The summed E-state index contributed by atoms with van der Waals surface area (Å²) in [5.41, 5.74) is 2.43. The zero-order valence-corrected chi connectivity index (χ0v) is 15.3. The molecule has 0 amide bonds. The van der Waals surface area contributed by atoms with Gasteiger partial charge in [0.15, 0.2) is 0 Å². The molecule has 0 fully saturated rings. The quantitative estimate of drug-likeness (QED) is 0.429. The first-order valence-electron chi connectivity index (χ1n) is 8.73. The van der Waals surface area contributed by atoms with Crippen LogP contribution in [0.2, 0.25) is 0 Å². The van der Waals surface area contributed by atoms with Crippen LogP contribution in [0.25, 0.3) is 22.0 Å². The molecule has 0 bridgehead atoms. The summed E-state index contributed by atoms with van der Waals surface area (Å²) < 4.78 is 12.3. The van der Waals surface area contributed by atoms with E-state index in [1.54, 1.807) is 35.9 Å². The second-order valence-electron chi connectivity index (χ2n) is 6.36. The van der Waals surface area contributed by atoms with Gasteiger partial charge in [0, 0.05) is 29.1 Å². The Bertz CT molecular complexity index is 1270. The van der Waals surface area contributed by atoms with Crippen LogP contribution in [-0.2, 0) is 17.9 Å². The van der Waals surface area contributed by atoms with E-state index < -0.39 is 11.6 Å². The molecule has 0 saturated carbocycles. The van der Waals surface area contributed by atoms with E-state index in [0.29, 0.717) is 34.1 Å². The van der Waals surface area contributed by atoms with E-state index >= 15 is 0 Å². The third kappa shape index (κ3) is 2.98. The van der Waals surface area contributed by atoms with Gasteiger partial charge in [0.25, 0.3) is 0 Å². The highest BCUT2D eigenvalue weighted by atomic mass is 16.5. The standard InChI is InChI=1S/C20H17N3O5/c1-3-23-16-6-4-12(8-15(16)21-22-23)20(26)27-10-13-9-18(25)28-19-11(2)17(24)7-5-14(13)19/h4-9,24H,3,10H2,1-2H3. The van der Waals surface area contributed by atoms with Gasteiger partial charge >= 0.3 is 11.6 Å². The summed E-state index contributed by atoms with van der Waals surface area (Å²) in [6, 6.07) is 9.46. The van der Waals surface area contributed by atoms with Gasteiger partial charge in [-0.3, -0.25) is 0 Å². The Hall–Kier alpha value is -3.68. The Labute approximate surface area is 159 Å². The van der Waals surface area contributed by atoms with Gasteiger partial charge in [0.2, 0.25) is 0 Å². The number of esters is 1. The molecule has 8 heteroatoms. The number of fused-ring (bicyclic) bond motifs is 2. The number of hydrogen-bond donors (Lipinski definition) is 1. The van der Waals surface area contributed by atoms with Crippen LogP contribution in [0.1, 0.15) is 28.4 Å². The average molecular weight is 379 g/mol. The van der Waals surface area contributed by atoms with Crippen molar-refractivity contribution in [2.24, 2.45) is 0 Å². The molecular formula is C20H17N3O5. The van der Waals surface area contributed by atoms with Crippen molar-refractivity contribution in [2.75, 3.05) is 0 Å². The minimum absolute atomic E-state index is 0.0261. The van der Waals surface area contributed by atoms with Gasteiger partial charge in [-0.15, -0.1) is 5.10 Å². The fourth-order valence-corrected chi connectivity index (χ4v) is 3.09. The van der Waals surface area contributed by atoms with Gasteiger partial charge in [0.1, 0.15) is 23.5 Å². The molecule has 0 unspecified atom stereocenters. The lowest BCUT2D eigenvalue weighted by atomic mass is 10.1. The molecule has 0 spiro atoms. The van der Waals surface area contributed by atoms with E-state index in [9.17, 15) is 14.7 Å². The van der Waals surface area contributed by atoms with Crippen LogP contribution in [0.5, 0.6) is 5.75 Å². The van der Waals surface area contributed by atoms with Crippen LogP contribution in [0.4, 0.5) is 0 Å². The maximum atomic E-state index is 12.5. The normalized spacial score (nSPS) is 11.2. The monoisotopic (exact) mass is 379 g/mol. The summed E-state index contributed by atoms with van der Waals surface area (Å²) in [6.45, 7) is 4.18. The summed E-state index contributed by atoms with van der Waals surface area (Å²) in [7, 11) is 0. The first-order chi connectivity index (χ1) is 13.5. The number of aryl methyl sites for hydroxylation is 2. The van der Waals surface area contributed by atoms with E-state index in [2.05, 4.69) is 10.3 Å². The predicted molar refractivity (Wildman–Crippen MR) is 101 cm³/mol. The Morgan fingerprint density at radius 1 is 1.25 bits per heavy atom. The fourth-order valence-electron chi connectivity index (χ4n) is 3.09. The molecule has 28 heavy (non-hydrogen) atoms. The third-order valence-electron chi connectivity index (χ3n) is 4.63. The van der Waals surface area contributed by atoms with Gasteiger partial charge in [0.05, 0.1) is 11.1 Å². The SMILES string of the molecule is CCn1nnc2cc(C(=O)OCc3cc(=O)oc4c(C)c(O)ccc34)ccc21. The van der Waals surface area contributed by atoms with Crippen LogP contribution >= 0.6 is 0 Å². The van der Waals surface area contributed by atoms with Crippen molar-refractivity contribution in [3.8, 4) is 5.75 Å². The number of carbonyl (C=O) groups excluding carboxylic acids is 1. The van der Waals surface area contributed by atoms with Crippen molar-refractivity contribution in [3.05, 3.63) is 63.5 Å². The summed E-state index contributed by atoms with van der Waals surface area (Å²) in [6.07, 6.45) is 0. The number of carbonyl (C=O) groups is 1. The largest absolute Gasteiger partial charge is 0.508 e. The molecule has 4 aromatic rings. The second-order valence-corrected chi connectivity index (χ2v) is 6.36. The number of aromatic nitrogens is 3. The molecule has 0 saturated heterocycles. The molecule has 0 radical (unpaired) electrons. The predicted octanol–water partition coefficient (Wildman–Crippen LogP) is 2.93. The first-order valence-corrected chi connectivity index (χ1v) is 8.73. The van der Waals surface area contributed by atoms with Crippen molar-refractivity contribution >= 4 is 28.0 Å². The van der Waals surface area contributed by atoms with Gasteiger partial charge < -0.3 is 14.3 Å². The van der Waals surface area contributed by atoms with E-state index in [0.717, 1.165) is 5.52 Å². The number of rotatable bonds is 4. The van der Waals surface area contributed by atoms with E-state index in [4.69, 9.17) is 9.15 Å². The molecule has 2 aromatic heterocycles. The zero-order chi connectivity index (χ0) is 19.8. The maximum absolute atomic E-state index is 12.5. The molecule has 4 rings (SSSR count). The fraction of sp³-hybridized carbons (Fsp3) is 0.200. The number of hydrogen-bond acceptors (Lipinski definition) is 7. The lowest BCUT2D eigenvalue weighted by molar-refractivity contribution is 0.0474. The van der Waals surface area contributed by atoms with Gasteiger partial charge in [-0.1, -0.05) is 5.21 Å². The van der Waals surface area contributed by atoms with Gasteiger partial charge in [-0.05, 0) is 44.2 Å². The minimum atomic E-state index is -0.579. The van der Waals surface area contributed by atoms with Crippen LogP contribution in [0.3, 0.4) is 0 Å². The topological polar surface area (TPSA) is 107 Å². The molecule has 0 aliphatic rings. The number of nitrogens with zero attached hydrogens (tertiary/aromatic N) is 3.